The molecule has 0 spiro atoms. The summed E-state index contributed by atoms with van der Waals surface area (Å²) in [5.41, 5.74) is 10.1. The largest absolute Gasteiger partial charge is 0.397 e. The molecule has 0 amide bonds. The molecule has 0 aliphatic carbocycles. The highest BCUT2D eigenvalue weighted by atomic mass is 35.5. The van der Waals surface area contributed by atoms with Gasteiger partial charge < -0.3 is 10.6 Å². The quantitative estimate of drug-likeness (QED) is 0.830. The first-order valence-corrected chi connectivity index (χ1v) is 6.39. The summed E-state index contributed by atoms with van der Waals surface area (Å²) in [5, 5.41) is 0.663. The van der Waals surface area contributed by atoms with Crippen molar-refractivity contribution in [1.29, 1.82) is 0 Å². The second-order valence-electron chi connectivity index (χ2n) is 4.28. The lowest BCUT2D eigenvalue weighted by Crippen LogP contribution is -2.17. The van der Waals surface area contributed by atoms with E-state index in [4.69, 9.17) is 17.3 Å². The number of nitrogen functional groups attached to an aromatic ring is 1. The first kappa shape index (κ1) is 12.8. The summed E-state index contributed by atoms with van der Waals surface area (Å²) in [5.74, 6) is 0. The Labute approximate surface area is 113 Å². The normalized spacial score (nSPS) is 10.4. The van der Waals surface area contributed by atoms with Gasteiger partial charge in [-0.05, 0) is 44.2 Å². The summed E-state index contributed by atoms with van der Waals surface area (Å²) in [6, 6.07) is 14.0. The van der Waals surface area contributed by atoms with Gasteiger partial charge in [-0.2, -0.15) is 0 Å². The molecule has 2 nitrogen and oxygen atoms in total. The molecule has 3 heteroatoms. The van der Waals surface area contributed by atoms with Crippen molar-refractivity contribution in [2.45, 2.75) is 13.8 Å². The number of rotatable bonds is 3. The van der Waals surface area contributed by atoms with Gasteiger partial charge in [-0.3, -0.25) is 0 Å². The zero-order chi connectivity index (χ0) is 13.1. The van der Waals surface area contributed by atoms with Crippen LogP contribution in [0.1, 0.15) is 12.5 Å². The molecule has 0 saturated heterocycles. The molecule has 94 valence electrons. The second kappa shape index (κ2) is 5.32. The van der Waals surface area contributed by atoms with Crippen LogP contribution in [0.4, 0.5) is 17.1 Å². The maximum absolute atomic E-state index is 6.04. The van der Waals surface area contributed by atoms with E-state index >= 15 is 0 Å². The molecule has 0 fully saturated rings. The molecule has 0 aromatic heterocycles. The van der Waals surface area contributed by atoms with Crippen molar-refractivity contribution in [2.24, 2.45) is 0 Å². The molecule has 0 atom stereocenters. The highest BCUT2D eigenvalue weighted by molar-refractivity contribution is 6.31. The van der Waals surface area contributed by atoms with Crippen LogP contribution in [0.15, 0.2) is 42.5 Å². The number of nitrogens with two attached hydrogens (primary N) is 1. The van der Waals surface area contributed by atoms with Gasteiger partial charge in [0.1, 0.15) is 0 Å². The monoisotopic (exact) mass is 260 g/mol. The molecule has 0 saturated carbocycles. The van der Waals surface area contributed by atoms with Crippen LogP contribution in [0, 0.1) is 6.92 Å². The Morgan fingerprint density at radius 2 is 1.78 bits per heavy atom. The van der Waals surface area contributed by atoms with E-state index in [0.29, 0.717) is 10.7 Å². The third-order valence-corrected chi connectivity index (χ3v) is 3.18. The lowest BCUT2D eigenvalue weighted by molar-refractivity contribution is 1.02. The Kier molecular flexibility index (Phi) is 3.78. The molecule has 0 aliphatic heterocycles. The fourth-order valence-electron chi connectivity index (χ4n) is 1.99. The summed E-state index contributed by atoms with van der Waals surface area (Å²) >= 11 is 5.93. The van der Waals surface area contributed by atoms with Gasteiger partial charge in [-0.1, -0.05) is 29.3 Å². The van der Waals surface area contributed by atoms with Gasteiger partial charge in [0.25, 0.3) is 0 Å². The second-order valence-corrected chi connectivity index (χ2v) is 4.72. The standard InChI is InChI=1S/C15H17ClN2/c1-3-18(13-7-4-11(2)5-8-13)15-9-6-12(16)10-14(15)17/h4-10H,3,17H2,1-2H3. The predicted molar refractivity (Wildman–Crippen MR) is 79.7 cm³/mol. The molecule has 2 aromatic carbocycles. The Morgan fingerprint density at radius 3 is 2.33 bits per heavy atom. The van der Waals surface area contributed by atoms with Crippen LogP contribution in [0.5, 0.6) is 0 Å². The number of benzene rings is 2. The number of anilines is 3. The van der Waals surface area contributed by atoms with Gasteiger partial charge in [0, 0.05) is 17.3 Å². The van der Waals surface area contributed by atoms with E-state index in [1.54, 1.807) is 6.07 Å². The van der Waals surface area contributed by atoms with E-state index in [1.807, 2.05) is 12.1 Å². The van der Waals surface area contributed by atoms with Crippen LogP contribution >= 0.6 is 11.6 Å². The van der Waals surface area contributed by atoms with Crippen LogP contribution < -0.4 is 10.6 Å². The Morgan fingerprint density at radius 1 is 1.11 bits per heavy atom. The molecule has 0 unspecified atom stereocenters. The molecule has 0 radical (unpaired) electrons. The van der Waals surface area contributed by atoms with Crippen molar-refractivity contribution in [1.82, 2.24) is 0 Å². The molecule has 18 heavy (non-hydrogen) atoms. The van der Waals surface area contributed by atoms with E-state index in [-0.39, 0.29) is 0 Å². The summed E-state index contributed by atoms with van der Waals surface area (Å²) < 4.78 is 0. The summed E-state index contributed by atoms with van der Waals surface area (Å²) in [7, 11) is 0. The van der Waals surface area contributed by atoms with Gasteiger partial charge in [-0.15, -0.1) is 0 Å². The fourth-order valence-corrected chi connectivity index (χ4v) is 2.17. The van der Waals surface area contributed by atoms with Crippen molar-refractivity contribution >= 4 is 28.7 Å². The van der Waals surface area contributed by atoms with Crippen molar-refractivity contribution in [2.75, 3.05) is 17.2 Å². The smallest absolute Gasteiger partial charge is 0.0645 e. The maximum Gasteiger partial charge on any atom is 0.0645 e. The zero-order valence-electron chi connectivity index (χ0n) is 10.7. The highest BCUT2D eigenvalue weighted by Gasteiger charge is 2.10. The number of hydrogen-bond acceptors (Lipinski definition) is 2. The van der Waals surface area contributed by atoms with E-state index in [9.17, 15) is 0 Å². The van der Waals surface area contributed by atoms with E-state index in [2.05, 4.69) is 43.0 Å². The predicted octanol–water partition coefficient (Wildman–Crippen LogP) is 4.39. The summed E-state index contributed by atoms with van der Waals surface area (Å²) in [4.78, 5) is 2.17. The third kappa shape index (κ3) is 2.59. The molecule has 0 bridgehead atoms. The minimum atomic E-state index is 0.663. The Balaban J connectivity index is 2.41. The number of aryl methyl sites for hydroxylation is 1. The van der Waals surface area contributed by atoms with Crippen LogP contribution in [0.25, 0.3) is 0 Å². The maximum atomic E-state index is 6.04. The van der Waals surface area contributed by atoms with Gasteiger partial charge in [0.2, 0.25) is 0 Å². The average molecular weight is 261 g/mol. The molecule has 2 rings (SSSR count). The average Bonchev–Trinajstić information content (AvgIpc) is 2.35. The van der Waals surface area contributed by atoms with Crippen LogP contribution in [0.2, 0.25) is 5.02 Å². The number of halogens is 1. The van der Waals surface area contributed by atoms with E-state index in [1.165, 1.54) is 5.56 Å². The minimum absolute atomic E-state index is 0.663. The Bertz CT molecular complexity index is 535. The minimum Gasteiger partial charge on any atom is -0.397 e. The van der Waals surface area contributed by atoms with Crippen molar-refractivity contribution in [3.05, 3.63) is 53.1 Å². The molecular formula is C15H17ClN2. The first-order valence-electron chi connectivity index (χ1n) is 6.01. The van der Waals surface area contributed by atoms with Crippen molar-refractivity contribution in [3.63, 3.8) is 0 Å². The van der Waals surface area contributed by atoms with Crippen LogP contribution in [-0.4, -0.2) is 6.54 Å². The zero-order valence-corrected chi connectivity index (χ0v) is 11.4. The van der Waals surface area contributed by atoms with Crippen molar-refractivity contribution in [3.8, 4) is 0 Å². The molecule has 0 heterocycles. The van der Waals surface area contributed by atoms with E-state index < -0.39 is 0 Å². The van der Waals surface area contributed by atoms with Crippen molar-refractivity contribution < 1.29 is 0 Å². The summed E-state index contributed by atoms with van der Waals surface area (Å²) in [6.45, 7) is 5.04. The number of hydrogen-bond donors (Lipinski definition) is 1. The SMILES string of the molecule is CCN(c1ccc(C)cc1)c1ccc(Cl)cc1N. The van der Waals surface area contributed by atoms with Crippen LogP contribution in [0.3, 0.4) is 0 Å². The highest BCUT2D eigenvalue weighted by Crippen LogP contribution is 2.32. The fraction of sp³-hybridized carbons (Fsp3) is 0.200. The lowest BCUT2D eigenvalue weighted by atomic mass is 10.2. The third-order valence-electron chi connectivity index (χ3n) is 2.94. The van der Waals surface area contributed by atoms with Gasteiger partial charge in [0.15, 0.2) is 0 Å². The molecule has 0 aliphatic rings. The summed E-state index contributed by atoms with van der Waals surface area (Å²) in [6.07, 6.45) is 0. The van der Waals surface area contributed by atoms with Crippen LogP contribution in [-0.2, 0) is 0 Å². The van der Waals surface area contributed by atoms with Gasteiger partial charge in [-0.25, -0.2) is 0 Å². The number of nitrogens with zero attached hydrogens (tertiary/aromatic N) is 1. The van der Waals surface area contributed by atoms with Gasteiger partial charge >= 0.3 is 0 Å². The van der Waals surface area contributed by atoms with Gasteiger partial charge in [0.05, 0.1) is 11.4 Å². The molecular weight excluding hydrogens is 244 g/mol. The first-order chi connectivity index (χ1) is 8.61. The Hall–Kier alpha value is -1.67. The van der Waals surface area contributed by atoms with E-state index in [0.717, 1.165) is 17.9 Å². The molecule has 2 N–H and O–H groups in total. The molecule has 2 aromatic rings. The lowest BCUT2D eigenvalue weighted by Gasteiger charge is -2.25. The topological polar surface area (TPSA) is 29.3 Å².